The molecule has 2 aromatic carbocycles. The fourth-order valence-corrected chi connectivity index (χ4v) is 6.14. The summed E-state index contributed by atoms with van der Waals surface area (Å²) in [6.07, 6.45) is -22.6. The van der Waals surface area contributed by atoms with Crippen molar-refractivity contribution in [2.24, 2.45) is 0 Å². The van der Waals surface area contributed by atoms with E-state index in [0.29, 0.717) is 5.56 Å². The van der Waals surface area contributed by atoms with Crippen LogP contribution < -0.4 is 0 Å². The molecule has 0 aliphatic carbocycles. The number of phenolic OH excluding ortho intramolecular Hbond substituents is 4. The Hall–Kier alpha value is -3.71. The summed E-state index contributed by atoms with van der Waals surface area (Å²) in [7, 11) is 0. The van der Waals surface area contributed by atoms with E-state index in [-0.39, 0.29) is 30.1 Å². The lowest BCUT2D eigenvalue weighted by Crippen LogP contribution is -2.65. The van der Waals surface area contributed by atoms with Gasteiger partial charge in [-0.2, -0.15) is 0 Å². The van der Waals surface area contributed by atoms with Crippen LogP contribution in [0.4, 0.5) is 0 Å². The number of aliphatic hydroxyl groups is 8. The van der Waals surface area contributed by atoms with E-state index in [1.165, 1.54) is 43.3 Å². The molecule has 2 aromatic rings. The first kappa shape index (κ1) is 42.4. The third-order valence-electron chi connectivity index (χ3n) is 9.36. The Labute approximate surface area is 313 Å². The van der Waals surface area contributed by atoms with Crippen LogP contribution >= 0.6 is 0 Å². The normalized spacial score (nSPS) is 36.9. The summed E-state index contributed by atoms with van der Waals surface area (Å²) < 4.78 is 40.2. The number of ether oxygens (including phenoxy) is 7. The molecule has 0 saturated carbocycles. The highest BCUT2D eigenvalue weighted by Crippen LogP contribution is 2.33. The predicted molar refractivity (Wildman–Crippen MR) is 180 cm³/mol. The van der Waals surface area contributed by atoms with Crippen molar-refractivity contribution in [1.82, 2.24) is 0 Å². The lowest BCUT2D eigenvalue weighted by Gasteiger charge is -2.47. The van der Waals surface area contributed by atoms with E-state index in [4.69, 9.17) is 33.2 Å². The van der Waals surface area contributed by atoms with Crippen molar-refractivity contribution >= 4 is 12.0 Å². The van der Waals surface area contributed by atoms with Gasteiger partial charge in [0.05, 0.1) is 25.9 Å². The highest BCUT2D eigenvalue weighted by atomic mass is 16.8. The standard InChI is InChI=1S/C35H46O20/c1-14-24(42)26(44)29(47)35(51-14)55-32-30(48)34(49-9-8-16-3-6-18(38)20(40)11-16)53-22(13-50-33-28(46)27(45)25(43)21(12-36)52-33)31(32)54-23(41)7-4-15-2-5-17(37)19(39)10-15/h2-7,10-11,14,21-22,24-40,42-48H,8-9,12-13H2,1H3/t14-,21+,22+,24-,25+,26+,27-,28+,29+,30+,31+,32+,33+,34+,35-/m0/s1. The van der Waals surface area contributed by atoms with Gasteiger partial charge in [0.2, 0.25) is 0 Å². The van der Waals surface area contributed by atoms with E-state index in [0.717, 1.165) is 12.1 Å². The molecule has 55 heavy (non-hydrogen) atoms. The number of carbonyl (C=O) groups excluding carboxylic acids is 1. The molecule has 20 heteroatoms. The van der Waals surface area contributed by atoms with Gasteiger partial charge in [0.15, 0.2) is 48.0 Å². The highest BCUT2D eigenvalue weighted by molar-refractivity contribution is 5.87. The maximum atomic E-state index is 13.3. The topological polar surface area (TPSA) is 324 Å². The molecular weight excluding hydrogens is 740 g/mol. The Morgan fingerprint density at radius 2 is 1.29 bits per heavy atom. The minimum absolute atomic E-state index is 0.111. The lowest BCUT2D eigenvalue weighted by atomic mass is 9.96. The Morgan fingerprint density at radius 1 is 0.673 bits per heavy atom. The second-order valence-electron chi connectivity index (χ2n) is 13.3. The van der Waals surface area contributed by atoms with Gasteiger partial charge in [-0.1, -0.05) is 12.1 Å². The molecule has 0 unspecified atom stereocenters. The molecule has 3 aliphatic heterocycles. The van der Waals surface area contributed by atoms with Gasteiger partial charge in [0.25, 0.3) is 0 Å². The van der Waals surface area contributed by atoms with Crippen molar-refractivity contribution in [2.45, 2.75) is 105 Å². The first-order chi connectivity index (χ1) is 26.1. The second-order valence-corrected chi connectivity index (χ2v) is 13.3. The fraction of sp³-hybridized carbons (Fsp3) is 0.571. The fourth-order valence-electron chi connectivity index (χ4n) is 6.14. The van der Waals surface area contributed by atoms with Crippen LogP contribution in [0, 0.1) is 0 Å². The van der Waals surface area contributed by atoms with E-state index < -0.39 is 123 Å². The molecule has 0 bridgehead atoms. The number of carbonyl (C=O) groups is 1. The summed E-state index contributed by atoms with van der Waals surface area (Å²) in [5, 5.41) is 123. The van der Waals surface area contributed by atoms with Crippen molar-refractivity contribution < 1.29 is 99.2 Å². The Kier molecular flexibility index (Phi) is 14.3. The van der Waals surface area contributed by atoms with Gasteiger partial charge in [0, 0.05) is 6.08 Å². The summed E-state index contributed by atoms with van der Waals surface area (Å²) in [6, 6.07) is 7.75. The van der Waals surface area contributed by atoms with E-state index in [2.05, 4.69) is 0 Å². The van der Waals surface area contributed by atoms with Crippen LogP contribution in [0.5, 0.6) is 23.0 Å². The molecule has 0 amide bonds. The van der Waals surface area contributed by atoms with Gasteiger partial charge in [-0.05, 0) is 54.8 Å². The van der Waals surface area contributed by atoms with Crippen molar-refractivity contribution in [2.75, 3.05) is 19.8 Å². The van der Waals surface area contributed by atoms with Crippen molar-refractivity contribution in [3.63, 3.8) is 0 Å². The molecule has 3 aliphatic rings. The average Bonchev–Trinajstić information content (AvgIpc) is 3.16. The molecular formula is C35H46O20. The number of aromatic hydroxyl groups is 4. The summed E-state index contributed by atoms with van der Waals surface area (Å²) in [6.45, 7) is -0.254. The SMILES string of the molecule is C[C@@H]1O[C@@H](O[C@@H]2[C@@H](O)[C@H](OCCc3ccc(O)c(O)c3)O[C@H](CO[C@@H]3O[C@H](CO)[C@@H](O)[C@H](O)[C@H]3O)[C@H]2OC(=O)C=Cc2ccc(O)c(O)c2)[C@H](O)[C@H](O)[C@H]1O. The van der Waals surface area contributed by atoms with Gasteiger partial charge in [-0.3, -0.25) is 0 Å². The van der Waals surface area contributed by atoms with Crippen LogP contribution in [0.3, 0.4) is 0 Å². The minimum atomic E-state index is -1.88. The highest BCUT2D eigenvalue weighted by Gasteiger charge is 2.53. The van der Waals surface area contributed by atoms with Crippen molar-refractivity contribution in [3.05, 3.63) is 53.6 Å². The Bertz CT molecular complexity index is 1610. The number of rotatable bonds is 13. The first-order valence-corrected chi connectivity index (χ1v) is 17.2. The van der Waals surface area contributed by atoms with Crippen molar-refractivity contribution in [1.29, 1.82) is 0 Å². The zero-order valence-corrected chi connectivity index (χ0v) is 29.2. The Morgan fingerprint density at radius 3 is 1.96 bits per heavy atom. The average molecular weight is 787 g/mol. The zero-order valence-electron chi connectivity index (χ0n) is 29.2. The summed E-state index contributed by atoms with van der Waals surface area (Å²) in [5.41, 5.74) is 0.773. The molecule has 3 heterocycles. The summed E-state index contributed by atoms with van der Waals surface area (Å²) in [5.74, 6) is -2.71. The number of hydrogen-bond acceptors (Lipinski definition) is 20. The first-order valence-electron chi connectivity index (χ1n) is 17.2. The molecule has 0 spiro atoms. The quantitative estimate of drug-likeness (QED) is 0.0541. The van der Waals surface area contributed by atoms with E-state index in [9.17, 15) is 66.1 Å². The molecule has 306 valence electrons. The smallest absolute Gasteiger partial charge is 0.331 e. The van der Waals surface area contributed by atoms with E-state index >= 15 is 0 Å². The molecule has 5 rings (SSSR count). The van der Waals surface area contributed by atoms with Crippen LogP contribution in [0.15, 0.2) is 42.5 Å². The molecule has 0 aromatic heterocycles. The van der Waals surface area contributed by atoms with Gasteiger partial charge in [0.1, 0.15) is 61.0 Å². The predicted octanol–water partition coefficient (Wildman–Crippen LogP) is -3.19. The molecule has 3 saturated heterocycles. The van der Waals surface area contributed by atoms with Crippen LogP contribution in [0.25, 0.3) is 6.08 Å². The van der Waals surface area contributed by atoms with Crippen LogP contribution in [0.1, 0.15) is 18.1 Å². The van der Waals surface area contributed by atoms with E-state index in [1.807, 2.05) is 0 Å². The molecule has 15 atom stereocenters. The minimum Gasteiger partial charge on any atom is -0.504 e. The lowest BCUT2D eigenvalue weighted by molar-refractivity contribution is -0.364. The van der Waals surface area contributed by atoms with Gasteiger partial charge in [-0.25, -0.2) is 4.79 Å². The molecule has 12 N–H and O–H groups in total. The number of hydrogen-bond donors (Lipinski definition) is 12. The van der Waals surface area contributed by atoms with Crippen molar-refractivity contribution in [3.8, 4) is 23.0 Å². The third kappa shape index (κ3) is 10.0. The monoisotopic (exact) mass is 786 g/mol. The van der Waals surface area contributed by atoms with E-state index in [1.54, 1.807) is 0 Å². The molecule has 3 fully saturated rings. The second kappa shape index (κ2) is 18.5. The van der Waals surface area contributed by atoms with Crippen LogP contribution in [-0.4, -0.2) is 179 Å². The van der Waals surface area contributed by atoms with Gasteiger partial charge >= 0.3 is 5.97 Å². The number of phenols is 4. The number of aliphatic hydroxyl groups excluding tert-OH is 8. The van der Waals surface area contributed by atoms with Crippen LogP contribution in [-0.2, 0) is 44.4 Å². The largest absolute Gasteiger partial charge is 0.504 e. The van der Waals surface area contributed by atoms with Gasteiger partial charge < -0.3 is 94.4 Å². The maximum absolute atomic E-state index is 13.3. The summed E-state index contributed by atoms with van der Waals surface area (Å²) >= 11 is 0. The molecule has 0 radical (unpaired) electrons. The number of esters is 1. The maximum Gasteiger partial charge on any atom is 0.331 e. The van der Waals surface area contributed by atoms with Gasteiger partial charge in [-0.15, -0.1) is 0 Å². The van der Waals surface area contributed by atoms with Crippen LogP contribution in [0.2, 0.25) is 0 Å². The Balaban J connectivity index is 1.43. The number of benzene rings is 2. The zero-order chi connectivity index (χ0) is 40.1. The third-order valence-corrected chi connectivity index (χ3v) is 9.36. The summed E-state index contributed by atoms with van der Waals surface area (Å²) in [4.78, 5) is 13.3. The molecule has 20 nitrogen and oxygen atoms in total.